The lowest BCUT2D eigenvalue weighted by atomic mass is 9.97. The Morgan fingerprint density at radius 2 is 1.28 bits per heavy atom. The summed E-state index contributed by atoms with van der Waals surface area (Å²) in [5, 5.41) is 7.41. The molecule has 2 heterocycles. The third-order valence-electron chi connectivity index (χ3n) is 9.18. The summed E-state index contributed by atoms with van der Waals surface area (Å²) in [5.74, 6) is 0. The number of allylic oxidation sites excluding steroid dienone is 4. The van der Waals surface area contributed by atoms with Crippen molar-refractivity contribution in [2.45, 2.75) is 6.92 Å². The Labute approximate surface area is 274 Å². The molecule has 3 heteroatoms. The van der Waals surface area contributed by atoms with Crippen molar-refractivity contribution in [3.63, 3.8) is 0 Å². The molecule has 8 aromatic rings. The monoisotopic (exact) mass is 603 g/mol. The molecule has 2 N–H and O–H groups in total. The number of rotatable bonds is 6. The van der Waals surface area contributed by atoms with Crippen LogP contribution in [0.25, 0.3) is 76.9 Å². The Kier molecular flexibility index (Phi) is 7.00. The number of benzene rings is 6. The largest absolute Gasteiger partial charge is 0.405 e. The second-order valence-corrected chi connectivity index (χ2v) is 12.0. The number of pyridine rings is 1. The zero-order valence-corrected chi connectivity index (χ0v) is 26.2. The highest BCUT2D eigenvalue weighted by molar-refractivity contribution is 6.19. The summed E-state index contributed by atoms with van der Waals surface area (Å²) in [5.41, 5.74) is 16.4. The van der Waals surface area contributed by atoms with Crippen LogP contribution >= 0.6 is 0 Å². The van der Waals surface area contributed by atoms with Crippen LogP contribution in [0.15, 0.2) is 170 Å². The normalized spacial score (nSPS) is 12.1. The van der Waals surface area contributed by atoms with E-state index in [9.17, 15) is 0 Å². The molecule has 224 valence electrons. The number of fused-ring (bicyclic) bond motifs is 6. The molecule has 3 nitrogen and oxygen atoms in total. The third-order valence-corrected chi connectivity index (χ3v) is 9.18. The van der Waals surface area contributed by atoms with Crippen LogP contribution < -0.4 is 5.73 Å². The van der Waals surface area contributed by atoms with Gasteiger partial charge in [-0.2, -0.15) is 0 Å². The first-order valence-electron chi connectivity index (χ1n) is 15.9. The van der Waals surface area contributed by atoms with Crippen molar-refractivity contribution in [3.8, 4) is 27.9 Å². The van der Waals surface area contributed by atoms with E-state index in [1.54, 1.807) is 0 Å². The van der Waals surface area contributed by atoms with Crippen molar-refractivity contribution >= 4 is 48.9 Å². The van der Waals surface area contributed by atoms with Gasteiger partial charge >= 0.3 is 0 Å². The molecule has 0 fully saturated rings. The lowest BCUT2D eigenvalue weighted by Crippen LogP contribution is -1.95. The minimum atomic E-state index is 0.849. The van der Waals surface area contributed by atoms with Gasteiger partial charge < -0.3 is 10.3 Å². The van der Waals surface area contributed by atoms with E-state index in [4.69, 9.17) is 10.7 Å². The van der Waals surface area contributed by atoms with Gasteiger partial charge in [-0.3, -0.25) is 4.98 Å². The molecule has 0 aliphatic heterocycles. The van der Waals surface area contributed by atoms with Crippen LogP contribution in [-0.2, 0) is 0 Å². The van der Waals surface area contributed by atoms with Crippen molar-refractivity contribution < 1.29 is 0 Å². The summed E-state index contributed by atoms with van der Waals surface area (Å²) in [6, 6.07) is 48.2. The molecule has 0 amide bonds. The van der Waals surface area contributed by atoms with Gasteiger partial charge in [0.25, 0.3) is 0 Å². The van der Waals surface area contributed by atoms with Gasteiger partial charge in [0.1, 0.15) is 0 Å². The molecule has 0 saturated heterocycles. The molecule has 0 unspecified atom stereocenters. The van der Waals surface area contributed by atoms with Gasteiger partial charge in [-0.15, -0.1) is 0 Å². The maximum atomic E-state index is 5.51. The summed E-state index contributed by atoms with van der Waals surface area (Å²) in [4.78, 5) is 4.78. The molecule has 47 heavy (non-hydrogen) atoms. The summed E-state index contributed by atoms with van der Waals surface area (Å²) >= 11 is 0. The second-order valence-electron chi connectivity index (χ2n) is 12.0. The van der Waals surface area contributed by atoms with E-state index >= 15 is 0 Å². The van der Waals surface area contributed by atoms with Crippen molar-refractivity contribution in [3.05, 3.63) is 176 Å². The number of nitrogens with two attached hydrogens (primary N) is 1. The van der Waals surface area contributed by atoms with E-state index in [1.807, 2.05) is 31.3 Å². The lowest BCUT2D eigenvalue weighted by Gasteiger charge is -2.12. The van der Waals surface area contributed by atoms with Crippen molar-refractivity contribution in [2.75, 3.05) is 0 Å². The quantitative estimate of drug-likeness (QED) is 0.192. The highest BCUT2D eigenvalue weighted by atomic mass is 15.0. The summed E-state index contributed by atoms with van der Waals surface area (Å²) < 4.78 is 2.41. The average Bonchev–Trinajstić information content (AvgIpc) is 3.47. The molecule has 2 aromatic heterocycles. The van der Waals surface area contributed by atoms with Crippen molar-refractivity contribution in [2.24, 2.45) is 5.73 Å². The summed E-state index contributed by atoms with van der Waals surface area (Å²) in [6.07, 6.45) is 7.21. The van der Waals surface area contributed by atoms with E-state index in [2.05, 4.69) is 139 Å². The van der Waals surface area contributed by atoms with Gasteiger partial charge in [-0.1, -0.05) is 110 Å². The first-order chi connectivity index (χ1) is 23.1. The molecular formula is C44H33N3. The van der Waals surface area contributed by atoms with Crippen LogP contribution in [-0.4, -0.2) is 9.55 Å². The minimum Gasteiger partial charge on any atom is -0.405 e. The van der Waals surface area contributed by atoms with Crippen molar-refractivity contribution in [1.82, 2.24) is 9.55 Å². The van der Waals surface area contributed by atoms with Gasteiger partial charge in [0.2, 0.25) is 0 Å². The molecule has 8 rings (SSSR count). The maximum Gasteiger partial charge on any atom is 0.0699 e. The van der Waals surface area contributed by atoms with Gasteiger partial charge in [0.15, 0.2) is 0 Å². The molecular weight excluding hydrogens is 571 g/mol. The zero-order valence-electron chi connectivity index (χ0n) is 26.2. The van der Waals surface area contributed by atoms with E-state index in [1.165, 1.54) is 55.2 Å². The first-order valence-corrected chi connectivity index (χ1v) is 15.9. The van der Waals surface area contributed by atoms with Crippen LogP contribution in [0.4, 0.5) is 0 Å². The summed E-state index contributed by atoms with van der Waals surface area (Å²) in [7, 11) is 0. The predicted octanol–water partition coefficient (Wildman–Crippen LogP) is 11.3. The molecule has 0 aliphatic rings. The standard InChI is InChI=1S/C44H33N3/c1-29(9-8-24-45)30(2)42-23-19-37(28-46-42)35-17-21-40-41-22-18-36-26-34(33-15-14-31-10-6-7-11-32(31)25-33)16-20-39(36)44(41)47(43(40)27-35)38-12-4-3-5-13-38/h3-28H,2,45H2,1H3/b24-8-,29-9-. The number of para-hydroxylation sites is 1. The molecule has 0 saturated carbocycles. The fourth-order valence-corrected chi connectivity index (χ4v) is 6.66. The minimum absolute atomic E-state index is 0.849. The molecule has 0 radical (unpaired) electrons. The second kappa shape index (κ2) is 11.6. The van der Waals surface area contributed by atoms with Crippen LogP contribution in [0, 0.1) is 0 Å². The Bertz CT molecular complexity index is 2530. The van der Waals surface area contributed by atoms with Gasteiger partial charge in [-0.25, -0.2) is 0 Å². The van der Waals surface area contributed by atoms with Crippen LogP contribution in [0.1, 0.15) is 12.6 Å². The van der Waals surface area contributed by atoms with E-state index in [0.29, 0.717) is 0 Å². The third kappa shape index (κ3) is 4.99. The topological polar surface area (TPSA) is 43.8 Å². The molecule has 6 aromatic carbocycles. The van der Waals surface area contributed by atoms with Gasteiger partial charge in [0.05, 0.1) is 16.7 Å². The fourth-order valence-electron chi connectivity index (χ4n) is 6.66. The van der Waals surface area contributed by atoms with Crippen LogP contribution in [0.5, 0.6) is 0 Å². The summed E-state index contributed by atoms with van der Waals surface area (Å²) in [6.45, 7) is 6.26. The highest BCUT2D eigenvalue weighted by Crippen LogP contribution is 2.39. The average molecular weight is 604 g/mol. The molecule has 0 atom stereocenters. The van der Waals surface area contributed by atoms with E-state index < -0.39 is 0 Å². The maximum absolute atomic E-state index is 5.51. The van der Waals surface area contributed by atoms with Crippen LogP contribution in [0.3, 0.4) is 0 Å². The Hall–Kier alpha value is -6.19. The van der Waals surface area contributed by atoms with Crippen LogP contribution in [0.2, 0.25) is 0 Å². The lowest BCUT2D eigenvalue weighted by molar-refractivity contribution is 1.19. The van der Waals surface area contributed by atoms with Crippen molar-refractivity contribution in [1.29, 1.82) is 0 Å². The zero-order chi connectivity index (χ0) is 31.9. The van der Waals surface area contributed by atoms with E-state index in [-0.39, 0.29) is 0 Å². The molecule has 0 spiro atoms. The number of hydrogen-bond acceptors (Lipinski definition) is 2. The Morgan fingerprint density at radius 3 is 2.04 bits per heavy atom. The number of aromatic nitrogens is 2. The van der Waals surface area contributed by atoms with E-state index in [0.717, 1.165) is 39.2 Å². The highest BCUT2D eigenvalue weighted by Gasteiger charge is 2.17. The predicted molar refractivity (Wildman–Crippen MR) is 201 cm³/mol. The number of hydrogen-bond donors (Lipinski definition) is 1. The Balaban J connectivity index is 1.27. The number of nitrogens with zero attached hydrogens (tertiary/aromatic N) is 2. The Morgan fingerprint density at radius 1 is 0.638 bits per heavy atom. The SMILES string of the molecule is C=C(/C(C)=C\C=C/N)c1ccc(-c2ccc3c4ccc5cc(-c6ccc7ccccc7c6)ccc5c4n(-c4ccccc4)c3c2)cn1. The van der Waals surface area contributed by atoms with Gasteiger partial charge in [-0.05, 0) is 99.6 Å². The smallest absolute Gasteiger partial charge is 0.0699 e. The molecule has 0 aliphatic carbocycles. The fraction of sp³-hybridized carbons (Fsp3) is 0.0227. The molecule has 0 bridgehead atoms. The van der Waals surface area contributed by atoms with Gasteiger partial charge in [0, 0.05) is 33.6 Å². The first kappa shape index (κ1) is 28.3.